The number of aryl methyl sites for hydroxylation is 1. The topological polar surface area (TPSA) is 49.6 Å². The normalized spacial score (nSPS) is 18.9. The average molecular weight is 273 g/mol. The lowest BCUT2D eigenvalue weighted by Gasteiger charge is -2.23. The molecule has 1 aromatic carbocycles. The minimum absolute atomic E-state index is 0.0976. The minimum Gasteiger partial charge on any atom is -0.398 e. The van der Waals surface area contributed by atoms with Gasteiger partial charge in [0, 0.05) is 37.6 Å². The first-order chi connectivity index (χ1) is 9.66. The Labute approximate surface area is 120 Å². The molecule has 4 nitrogen and oxygen atoms in total. The first kappa shape index (κ1) is 13.3. The summed E-state index contributed by atoms with van der Waals surface area (Å²) >= 11 is 0. The van der Waals surface area contributed by atoms with Gasteiger partial charge in [0.15, 0.2) is 0 Å². The lowest BCUT2D eigenvalue weighted by Crippen LogP contribution is -2.29. The van der Waals surface area contributed by atoms with Crippen LogP contribution >= 0.6 is 0 Å². The highest BCUT2D eigenvalue weighted by Crippen LogP contribution is 2.30. The van der Waals surface area contributed by atoms with Gasteiger partial charge in [0.25, 0.3) is 5.91 Å². The SMILES string of the molecule is Cc1cc(N)c(C(=O)N2CCCC2)cc1N1CCCC1. The van der Waals surface area contributed by atoms with Crippen LogP contribution in [0.1, 0.15) is 41.6 Å². The molecule has 0 aliphatic carbocycles. The number of anilines is 2. The number of nitrogens with two attached hydrogens (primary N) is 1. The fourth-order valence-electron chi connectivity index (χ4n) is 3.29. The first-order valence-electron chi connectivity index (χ1n) is 7.61. The van der Waals surface area contributed by atoms with Crippen molar-refractivity contribution in [1.82, 2.24) is 4.90 Å². The van der Waals surface area contributed by atoms with E-state index in [0.717, 1.165) is 39.0 Å². The zero-order valence-electron chi connectivity index (χ0n) is 12.2. The molecule has 20 heavy (non-hydrogen) atoms. The molecular weight excluding hydrogens is 250 g/mol. The summed E-state index contributed by atoms with van der Waals surface area (Å²) in [6.45, 7) is 5.98. The van der Waals surface area contributed by atoms with E-state index in [1.165, 1.54) is 24.1 Å². The van der Waals surface area contributed by atoms with Crippen LogP contribution in [-0.4, -0.2) is 37.0 Å². The zero-order chi connectivity index (χ0) is 14.1. The summed E-state index contributed by atoms with van der Waals surface area (Å²) in [4.78, 5) is 16.9. The number of rotatable bonds is 2. The number of nitrogen functional groups attached to an aromatic ring is 1. The fraction of sp³-hybridized carbons (Fsp3) is 0.562. The summed E-state index contributed by atoms with van der Waals surface area (Å²) in [6, 6.07) is 3.97. The summed E-state index contributed by atoms with van der Waals surface area (Å²) in [5.74, 6) is 0.0976. The Morgan fingerprint density at radius 2 is 1.65 bits per heavy atom. The second-order valence-corrected chi connectivity index (χ2v) is 5.92. The van der Waals surface area contributed by atoms with Crippen molar-refractivity contribution in [2.45, 2.75) is 32.6 Å². The summed E-state index contributed by atoms with van der Waals surface area (Å²) < 4.78 is 0. The van der Waals surface area contributed by atoms with Gasteiger partial charge in [-0.1, -0.05) is 0 Å². The molecule has 0 unspecified atom stereocenters. The molecule has 3 rings (SSSR count). The second-order valence-electron chi connectivity index (χ2n) is 5.92. The molecule has 2 N–H and O–H groups in total. The van der Waals surface area contributed by atoms with Crippen molar-refractivity contribution >= 4 is 17.3 Å². The van der Waals surface area contributed by atoms with E-state index in [2.05, 4.69) is 11.8 Å². The van der Waals surface area contributed by atoms with Gasteiger partial charge in [-0.3, -0.25) is 4.79 Å². The van der Waals surface area contributed by atoms with Gasteiger partial charge >= 0.3 is 0 Å². The highest BCUT2D eigenvalue weighted by Gasteiger charge is 2.23. The minimum atomic E-state index is 0.0976. The average Bonchev–Trinajstić information content (AvgIpc) is 3.11. The third-order valence-corrected chi connectivity index (χ3v) is 4.44. The van der Waals surface area contributed by atoms with E-state index in [1.807, 2.05) is 17.0 Å². The number of benzene rings is 1. The number of hydrogen-bond acceptors (Lipinski definition) is 3. The number of amides is 1. The number of nitrogens with zero attached hydrogens (tertiary/aromatic N) is 2. The Balaban J connectivity index is 1.93. The van der Waals surface area contributed by atoms with Crippen molar-refractivity contribution in [1.29, 1.82) is 0 Å². The van der Waals surface area contributed by atoms with Gasteiger partial charge in [-0.05, 0) is 50.3 Å². The van der Waals surface area contributed by atoms with Crippen molar-refractivity contribution in [2.75, 3.05) is 36.8 Å². The van der Waals surface area contributed by atoms with Crippen LogP contribution in [0.3, 0.4) is 0 Å². The van der Waals surface area contributed by atoms with E-state index in [4.69, 9.17) is 5.73 Å². The van der Waals surface area contributed by atoms with Crippen LogP contribution in [0.25, 0.3) is 0 Å². The van der Waals surface area contributed by atoms with Crippen molar-refractivity contribution in [2.24, 2.45) is 0 Å². The maximum absolute atomic E-state index is 12.6. The number of hydrogen-bond donors (Lipinski definition) is 1. The summed E-state index contributed by atoms with van der Waals surface area (Å²) in [5, 5.41) is 0. The van der Waals surface area contributed by atoms with Gasteiger partial charge in [-0.15, -0.1) is 0 Å². The second kappa shape index (κ2) is 5.35. The highest BCUT2D eigenvalue weighted by molar-refractivity contribution is 6.00. The van der Waals surface area contributed by atoms with Gasteiger partial charge in [0.1, 0.15) is 0 Å². The fourth-order valence-corrected chi connectivity index (χ4v) is 3.29. The molecule has 2 saturated heterocycles. The van der Waals surface area contributed by atoms with Crippen LogP contribution in [0.4, 0.5) is 11.4 Å². The van der Waals surface area contributed by atoms with Crippen LogP contribution in [0.5, 0.6) is 0 Å². The Hall–Kier alpha value is -1.71. The Bertz CT molecular complexity index is 515. The monoisotopic (exact) mass is 273 g/mol. The summed E-state index contributed by atoms with van der Waals surface area (Å²) in [7, 11) is 0. The van der Waals surface area contributed by atoms with Crippen molar-refractivity contribution in [3.63, 3.8) is 0 Å². The lowest BCUT2D eigenvalue weighted by atomic mass is 10.1. The first-order valence-corrected chi connectivity index (χ1v) is 7.61. The Morgan fingerprint density at radius 1 is 1.05 bits per heavy atom. The van der Waals surface area contributed by atoms with Crippen LogP contribution < -0.4 is 10.6 Å². The number of carbonyl (C=O) groups excluding carboxylic acids is 1. The standard InChI is InChI=1S/C16H23N3O/c1-12-10-14(17)13(16(20)19-8-4-5-9-19)11-15(12)18-6-2-3-7-18/h10-11H,2-9,17H2,1H3. The van der Waals surface area contributed by atoms with E-state index < -0.39 is 0 Å². The van der Waals surface area contributed by atoms with Gasteiger partial charge < -0.3 is 15.5 Å². The smallest absolute Gasteiger partial charge is 0.256 e. The maximum atomic E-state index is 12.6. The van der Waals surface area contributed by atoms with Crippen molar-refractivity contribution in [3.05, 3.63) is 23.3 Å². The summed E-state index contributed by atoms with van der Waals surface area (Å²) in [5.41, 5.74) is 9.73. The Kier molecular flexibility index (Phi) is 3.55. The van der Waals surface area contributed by atoms with E-state index >= 15 is 0 Å². The molecule has 2 heterocycles. The van der Waals surface area contributed by atoms with Gasteiger partial charge in [0.05, 0.1) is 5.56 Å². The molecule has 0 aromatic heterocycles. The van der Waals surface area contributed by atoms with Gasteiger partial charge in [-0.2, -0.15) is 0 Å². The highest BCUT2D eigenvalue weighted by atomic mass is 16.2. The summed E-state index contributed by atoms with van der Waals surface area (Å²) in [6.07, 6.45) is 4.69. The molecule has 1 aromatic rings. The Morgan fingerprint density at radius 3 is 2.30 bits per heavy atom. The third-order valence-electron chi connectivity index (χ3n) is 4.44. The zero-order valence-corrected chi connectivity index (χ0v) is 12.2. The number of carbonyl (C=O) groups is 1. The molecule has 0 spiro atoms. The number of likely N-dealkylation sites (tertiary alicyclic amines) is 1. The molecular formula is C16H23N3O. The molecule has 0 saturated carbocycles. The largest absolute Gasteiger partial charge is 0.398 e. The van der Waals surface area contributed by atoms with E-state index in [1.54, 1.807) is 0 Å². The molecule has 4 heteroatoms. The van der Waals surface area contributed by atoms with E-state index in [-0.39, 0.29) is 5.91 Å². The molecule has 0 atom stereocenters. The van der Waals surface area contributed by atoms with E-state index in [9.17, 15) is 4.79 Å². The van der Waals surface area contributed by atoms with E-state index in [0.29, 0.717) is 11.3 Å². The maximum Gasteiger partial charge on any atom is 0.256 e. The van der Waals surface area contributed by atoms with Crippen LogP contribution in [-0.2, 0) is 0 Å². The molecule has 108 valence electrons. The molecule has 0 radical (unpaired) electrons. The quantitative estimate of drug-likeness (QED) is 0.842. The third kappa shape index (κ3) is 2.35. The molecule has 2 fully saturated rings. The molecule has 2 aliphatic rings. The predicted octanol–water partition coefficient (Wildman–Crippen LogP) is 2.41. The van der Waals surface area contributed by atoms with Crippen LogP contribution in [0, 0.1) is 6.92 Å². The molecule has 1 amide bonds. The van der Waals surface area contributed by atoms with Crippen molar-refractivity contribution in [3.8, 4) is 0 Å². The van der Waals surface area contributed by atoms with Crippen molar-refractivity contribution < 1.29 is 4.79 Å². The van der Waals surface area contributed by atoms with Gasteiger partial charge in [-0.25, -0.2) is 0 Å². The molecule has 0 bridgehead atoms. The van der Waals surface area contributed by atoms with Gasteiger partial charge in [0.2, 0.25) is 0 Å². The van der Waals surface area contributed by atoms with Crippen LogP contribution in [0.15, 0.2) is 12.1 Å². The van der Waals surface area contributed by atoms with Crippen LogP contribution in [0.2, 0.25) is 0 Å². The predicted molar refractivity (Wildman–Crippen MR) is 82.2 cm³/mol. The molecule has 2 aliphatic heterocycles. The lowest BCUT2D eigenvalue weighted by molar-refractivity contribution is 0.0794.